The topological polar surface area (TPSA) is 26.3 Å². The van der Waals surface area contributed by atoms with E-state index >= 15 is 0 Å². The summed E-state index contributed by atoms with van der Waals surface area (Å²) in [5, 5.41) is 0. The molecule has 1 aromatic carbocycles. The van der Waals surface area contributed by atoms with Crippen LogP contribution in [0.25, 0.3) is 0 Å². The van der Waals surface area contributed by atoms with E-state index in [-0.39, 0.29) is 5.78 Å². The van der Waals surface area contributed by atoms with Crippen LogP contribution in [0.2, 0.25) is 0 Å². The summed E-state index contributed by atoms with van der Waals surface area (Å²) in [6.07, 6.45) is 0. The van der Waals surface area contributed by atoms with E-state index in [0.29, 0.717) is 6.61 Å². The fraction of sp³-hybridized carbons (Fsp3) is 0.308. The third-order valence-corrected chi connectivity index (χ3v) is 2.06. The SMILES string of the molecule is C=C(C)COc1ccc(C(C)=O)cc1C. The van der Waals surface area contributed by atoms with Crippen LogP contribution < -0.4 is 4.74 Å². The lowest BCUT2D eigenvalue weighted by Crippen LogP contribution is -2.00. The van der Waals surface area contributed by atoms with Crippen molar-refractivity contribution in [2.45, 2.75) is 20.8 Å². The molecule has 0 saturated carbocycles. The Hall–Kier alpha value is -1.57. The zero-order valence-corrected chi connectivity index (χ0v) is 9.46. The Morgan fingerprint density at radius 2 is 2.07 bits per heavy atom. The summed E-state index contributed by atoms with van der Waals surface area (Å²) in [6.45, 7) is 9.69. The van der Waals surface area contributed by atoms with Gasteiger partial charge in [0.2, 0.25) is 0 Å². The molecule has 2 nitrogen and oxygen atoms in total. The lowest BCUT2D eigenvalue weighted by molar-refractivity contribution is 0.101. The second-order valence-corrected chi connectivity index (χ2v) is 3.78. The third-order valence-electron chi connectivity index (χ3n) is 2.06. The van der Waals surface area contributed by atoms with Crippen molar-refractivity contribution in [2.75, 3.05) is 6.61 Å². The molecular formula is C13H16O2. The summed E-state index contributed by atoms with van der Waals surface area (Å²) >= 11 is 0. The number of benzene rings is 1. The van der Waals surface area contributed by atoms with E-state index in [4.69, 9.17) is 4.74 Å². The summed E-state index contributed by atoms with van der Waals surface area (Å²) in [4.78, 5) is 11.1. The molecule has 2 heteroatoms. The van der Waals surface area contributed by atoms with Crippen LogP contribution in [-0.2, 0) is 0 Å². The first-order chi connectivity index (χ1) is 7.00. The predicted octanol–water partition coefficient (Wildman–Crippen LogP) is 3.15. The average molecular weight is 204 g/mol. The number of carbonyl (C=O) groups excluding carboxylic acids is 1. The second-order valence-electron chi connectivity index (χ2n) is 3.78. The molecule has 0 heterocycles. The van der Waals surface area contributed by atoms with E-state index in [1.165, 1.54) is 0 Å². The summed E-state index contributed by atoms with van der Waals surface area (Å²) in [5.41, 5.74) is 2.67. The smallest absolute Gasteiger partial charge is 0.159 e. The van der Waals surface area contributed by atoms with Gasteiger partial charge < -0.3 is 4.74 Å². The number of rotatable bonds is 4. The minimum atomic E-state index is 0.0737. The van der Waals surface area contributed by atoms with Crippen molar-refractivity contribution in [1.29, 1.82) is 0 Å². The molecule has 80 valence electrons. The standard InChI is InChI=1S/C13H16O2/c1-9(2)8-15-13-6-5-12(11(4)14)7-10(13)3/h5-7H,1,8H2,2-4H3. The van der Waals surface area contributed by atoms with Crippen molar-refractivity contribution in [3.63, 3.8) is 0 Å². The van der Waals surface area contributed by atoms with Gasteiger partial charge in [-0.2, -0.15) is 0 Å². The normalized spacial score (nSPS) is 9.80. The van der Waals surface area contributed by atoms with Crippen molar-refractivity contribution >= 4 is 5.78 Å². The molecule has 1 aromatic rings. The van der Waals surface area contributed by atoms with Gasteiger partial charge in [0, 0.05) is 5.56 Å². The summed E-state index contributed by atoms with van der Waals surface area (Å²) in [7, 11) is 0. The number of hydrogen-bond donors (Lipinski definition) is 0. The van der Waals surface area contributed by atoms with E-state index in [9.17, 15) is 4.79 Å². The maximum Gasteiger partial charge on any atom is 0.159 e. The fourth-order valence-electron chi connectivity index (χ4n) is 1.23. The molecule has 0 bridgehead atoms. The van der Waals surface area contributed by atoms with Gasteiger partial charge in [-0.1, -0.05) is 6.58 Å². The minimum Gasteiger partial charge on any atom is -0.489 e. The number of ketones is 1. The maximum atomic E-state index is 11.1. The summed E-state index contributed by atoms with van der Waals surface area (Å²) < 4.78 is 5.52. The van der Waals surface area contributed by atoms with Gasteiger partial charge in [-0.05, 0) is 50.1 Å². The predicted molar refractivity (Wildman–Crippen MR) is 61.5 cm³/mol. The third kappa shape index (κ3) is 3.24. The van der Waals surface area contributed by atoms with Gasteiger partial charge in [-0.15, -0.1) is 0 Å². The number of Topliss-reactive ketones (excluding diaryl/α,β-unsaturated/α-hetero) is 1. The molecule has 1 rings (SSSR count). The van der Waals surface area contributed by atoms with Crippen molar-refractivity contribution in [2.24, 2.45) is 0 Å². The number of ether oxygens (including phenoxy) is 1. The number of hydrogen-bond acceptors (Lipinski definition) is 2. The van der Waals surface area contributed by atoms with Crippen LogP contribution in [0, 0.1) is 6.92 Å². The summed E-state index contributed by atoms with van der Waals surface area (Å²) in [5.74, 6) is 0.882. The van der Waals surface area contributed by atoms with E-state index in [0.717, 1.165) is 22.4 Å². The van der Waals surface area contributed by atoms with Crippen molar-refractivity contribution in [1.82, 2.24) is 0 Å². The highest BCUT2D eigenvalue weighted by Gasteiger charge is 2.04. The molecule has 0 radical (unpaired) electrons. The average Bonchev–Trinajstić information content (AvgIpc) is 2.15. The molecule has 0 aliphatic rings. The van der Waals surface area contributed by atoms with E-state index in [1.54, 1.807) is 13.0 Å². The molecule has 0 amide bonds. The zero-order valence-electron chi connectivity index (χ0n) is 9.46. The van der Waals surface area contributed by atoms with Gasteiger partial charge in [0.1, 0.15) is 12.4 Å². The Bertz CT molecular complexity index is 392. The molecule has 0 saturated heterocycles. The highest BCUT2D eigenvalue weighted by atomic mass is 16.5. The highest BCUT2D eigenvalue weighted by Crippen LogP contribution is 2.19. The van der Waals surface area contributed by atoms with Crippen LogP contribution in [0.15, 0.2) is 30.4 Å². The van der Waals surface area contributed by atoms with Crippen LogP contribution in [-0.4, -0.2) is 12.4 Å². The van der Waals surface area contributed by atoms with Crippen LogP contribution in [0.5, 0.6) is 5.75 Å². The fourth-order valence-corrected chi connectivity index (χ4v) is 1.23. The maximum absolute atomic E-state index is 11.1. The second kappa shape index (κ2) is 4.78. The molecule has 0 atom stereocenters. The molecule has 0 unspecified atom stereocenters. The van der Waals surface area contributed by atoms with Crippen LogP contribution in [0.4, 0.5) is 0 Å². The summed E-state index contributed by atoms with van der Waals surface area (Å²) in [6, 6.07) is 5.45. The monoisotopic (exact) mass is 204 g/mol. The van der Waals surface area contributed by atoms with E-state index in [2.05, 4.69) is 6.58 Å². The Balaban J connectivity index is 2.83. The lowest BCUT2D eigenvalue weighted by Gasteiger charge is -2.09. The van der Waals surface area contributed by atoms with Crippen molar-refractivity contribution in [3.8, 4) is 5.75 Å². The minimum absolute atomic E-state index is 0.0737. The molecule has 0 aliphatic heterocycles. The molecule has 0 N–H and O–H groups in total. The Labute approximate surface area is 90.6 Å². The molecular weight excluding hydrogens is 188 g/mol. The molecule has 0 spiro atoms. The molecule has 0 aliphatic carbocycles. The van der Waals surface area contributed by atoms with Gasteiger partial charge in [-0.3, -0.25) is 4.79 Å². The number of aryl methyl sites for hydroxylation is 1. The van der Waals surface area contributed by atoms with Crippen LogP contribution >= 0.6 is 0 Å². The van der Waals surface area contributed by atoms with Gasteiger partial charge in [0.15, 0.2) is 5.78 Å². The first-order valence-corrected chi connectivity index (χ1v) is 4.89. The van der Waals surface area contributed by atoms with E-state index in [1.807, 2.05) is 26.0 Å². The molecule has 0 aromatic heterocycles. The molecule has 15 heavy (non-hydrogen) atoms. The highest BCUT2D eigenvalue weighted by molar-refractivity contribution is 5.94. The molecule has 0 fully saturated rings. The van der Waals surface area contributed by atoms with E-state index < -0.39 is 0 Å². The van der Waals surface area contributed by atoms with Gasteiger partial charge in [0.25, 0.3) is 0 Å². The largest absolute Gasteiger partial charge is 0.489 e. The lowest BCUT2D eigenvalue weighted by atomic mass is 10.1. The zero-order chi connectivity index (χ0) is 11.4. The van der Waals surface area contributed by atoms with Crippen molar-refractivity contribution < 1.29 is 9.53 Å². The van der Waals surface area contributed by atoms with Crippen molar-refractivity contribution in [3.05, 3.63) is 41.5 Å². The van der Waals surface area contributed by atoms with Crippen LogP contribution in [0.3, 0.4) is 0 Å². The Morgan fingerprint density at radius 1 is 1.40 bits per heavy atom. The van der Waals surface area contributed by atoms with Crippen LogP contribution in [0.1, 0.15) is 29.8 Å². The first-order valence-electron chi connectivity index (χ1n) is 4.89. The van der Waals surface area contributed by atoms with Gasteiger partial charge in [-0.25, -0.2) is 0 Å². The quantitative estimate of drug-likeness (QED) is 0.556. The Morgan fingerprint density at radius 3 is 2.53 bits per heavy atom. The van der Waals surface area contributed by atoms with Gasteiger partial charge in [0.05, 0.1) is 0 Å². The number of carbonyl (C=O) groups is 1. The Kier molecular flexibility index (Phi) is 3.67. The van der Waals surface area contributed by atoms with Gasteiger partial charge >= 0.3 is 0 Å². The first kappa shape index (κ1) is 11.5.